The number of hydrogen-bond donors (Lipinski definition) is 1. The molecule has 1 saturated heterocycles. The van der Waals surface area contributed by atoms with Crippen molar-refractivity contribution in [1.82, 2.24) is 9.80 Å². The van der Waals surface area contributed by atoms with Gasteiger partial charge in [0.05, 0.1) is 6.54 Å². The van der Waals surface area contributed by atoms with Gasteiger partial charge in [0.25, 0.3) is 0 Å². The van der Waals surface area contributed by atoms with Gasteiger partial charge in [0.2, 0.25) is 5.91 Å². The summed E-state index contributed by atoms with van der Waals surface area (Å²) >= 11 is 0. The molecule has 2 fully saturated rings. The van der Waals surface area contributed by atoms with E-state index in [4.69, 9.17) is 5.73 Å². The lowest BCUT2D eigenvalue weighted by molar-refractivity contribution is -0.135. The normalized spacial score (nSPS) is 26.6. The number of nitrogens with two attached hydrogens (primary N) is 1. The fourth-order valence-corrected chi connectivity index (χ4v) is 3.75. The highest BCUT2D eigenvalue weighted by Crippen LogP contribution is 2.23. The predicted molar refractivity (Wildman–Crippen MR) is 82.5 cm³/mol. The van der Waals surface area contributed by atoms with Gasteiger partial charge in [-0.3, -0.25) is 9.69 Å². The Labute approximate surface area is 123 Å². The SMILES string of the molecule is CCN(C(=O)CN1CCC(C(C)N)C1)C1CCCCC1. The molecule has 2 aliphatic rings. The Morgan fingerprint density at radius 2 is 2.00 bits per heavy atom. The zero-order valence-corrected chi connectivity index (χ0v) is 13.2. The number of nitrogens with zero attached hydrogens (tertiary/aromatic N) is 2. The molecular formula is C16H31N3O. The van der Waals surface area contributed by atoms with Crippen molar-refractivity contribution >= 4 is 5.91 Å². The van der Waals surface area contributed by atoms with Crippen LogP contribution < -0.4 is 5.73 Å². The van der Waals surface area contributed by atoms with Gasteiger partial charge in [-0.2, -0.15) is 0 Å². The third kappa shape index (κ3) is 3.95. The second-order valence-electron chi connectivity index (χ2n) is 6.61. The maximum atomic E-state index is 12.6. The lowest BCUT2D eigenvalue weighted by atomic mass is 9.94. The molecule has 2 unspecified atom stereocenters. The zero-order valence-electron chi connectivity index (χ0n) is 13.2. The Morgan fingerprint density at radius 3 is 2.55 bits per heavy atom. The summed E-state index contributed by atoms with van der Waals surface area (Å²) in [5, 5.41) is 0. The third-order valence-electron chi connectivity index (χ3n) is 5.09. The van der Waals surface area contributed by atoms with Crippen molar-refractivity contribution in [3.63, 3.8) is 0 Å². The number of rotatable bonds is 5. The molecule has 2 rings (SSSR count). The number of likely N-dealkylation sites (tertiary alicyclic amines) is 1. The fourth-order valence-electron chi connectivity index (χ4n) is 3.75. The van der Waals surface area contributed by atoms with Crippen LogP contribution in [0, 0.1) is 5.92 Å². The van der Waals surface area contributed by atoms with Gasteiger partial charge in [-0.1, -0.05) is 19.3 Å². The first kappa shape index (κ1) is 15.8. The van der Waals surface area contributed by atoms with Gasteiger partial charge in [-0.25, -0.2) is 0 Å². The van der Waals surface area contributed by atoms with Crippen LogP contribution in [-0.2, 0) is 4.79 Å². The standard InChI is InChI=1S/C16H31N3O/c1-3-19(15-7-5-4-6-8-15)16(20)12-18-10-9-14(11-18)13(2)17/h13-15H,3-12,17H2,1-2H3. The molecule has 1 heterocycles. The first-order valence-electron chi connectivity index (χ1n) is 8.39. The minimum absolute atomic E-state index is 0.246. The maximum Gasteiger partial charge on any atom is 0.236 e. The van der Waals surface area contributed by atoms with Gasteiger partial charge < -0.3 is 10.6 Å². The van der Waals surface area contributed by atoms with Crippen LogP contribution >= 0.6 is 0 Å². The zero-order chi connectivity index (χ0) is 14.5. The molecule has 0 bridgehead atoms. The summed E-state index contributed by atoms with van der Waals surface area (Å²) in [6.45, 7) is 7.66. The summed E-state index contributed by atoms with van der Waals surface area (Å²) in [6.07, 6.45) is 7.44. The van der Waals surface area contributed by atoms with E-state index in [2.05, 4.69) is 23.6 Å². The summed E-state index contributed by atoms with van der Waals surface area (Å²) in [7, 11) is 0. The van der Waals surface area contributed by atoms with Crippen molar-refractivity contribution in [2.24, 2.45) is 11.7 Å². The first-order valence-corrected chi connectivity index (χ1v) is 8.39. The molecular weight excluding hydrogens is 250 g/mol. The molecule has 0 radical (unpaired) electrons. The van der Waals surface area contributed by atoms with Crippen LogP contribution in [0.25, 0.3) is 0 Å². The lowest BCUT2D eigenvalue weighted by Crippen LogP contribution is -2.46. The van der Waals surface area contributed by atoms with E-state index in [-0.39, 0.29) is 6.04 Å². The molecule has 4 heteroatoms. The lowest BCUT2D eigenvalue weighted by Gasteiger charge is -2.34. The minimum atomic E-state index is 0.246. The molecule has 0 aromatic heterocycles. The van der Waals surface area contributed by atoms with Gasteiger partial charge in [0.1, 0.15) is 0 Å². The van der Waals surface area contributed by atoms with E-state index in [1.807, 2.05) is 0 Å². The predicted octanol–water partition coefficient (Wildman–Crippen LogP) is 1.84. The van der Waals surface area contributed by atoms with Gasteiger partial charge >= 0.3 is 0 Å². The molecule has 1 saturated carbocycles. The summed E-state index contributed by atoms with van der Waals surface area (Å²) in [6, 6.07) is 0.740. The van der Waals surface area contributed by atoms with Crippen LogP contribution in [0.1, 0.15) is 52.4 Å². The second-order valence-corrected chi connectivity index (χ2v) is 6.61. The van der Waals surface area contributed by atoms with E-state index < -0.39 is 0 Å². The Hall–Kier alpha value is -0.610. The number of hydrogen-bond acceptors (Lipinski definition) is 3. The number of likely N-dealkylation sites (N-methyl/N-ethyl adjacent to an activating group) is 1. The number of carbonyl (C=O) groups excluding carboxylic acids is 1. The second kappa shape index (κ2) is 7.41. The van der Waals surface area contributed by atoms with Gasteiger partial charge in [0.15, 0.2) is 0 Å². The Kier molecular flexibility index (Phi) is 5.85. The van der Waals surface area contributed by atoms with Crippen molar-refractivity contribution in [3.8, 4) is 0 Å². The van der Waals surface area contributed by atoms with Crippen molar-refractivity contribution in [3.05, 3.63) is 0 Å². The van der Waals surface area contributed by atoms with Crippen LogP contribution in [0.15, 0.2) is 0 Å². The molecule has 0 aromatic rings. The van der Waals surface area contributed by atoms with E-state index in [0.29, 0.717) is 24.4 Å². The average molecular weight is 281 g/mol. The summed E-state index contributed by atoms with van der Waals surface area (Å²) in [5.41, 5.74) is 5.97. The highest BCUT2D eigenvalue weighted by Gasteiger charge is 2.29. The molecule has 2 N–H and O–H groups in total. The monoisotopic (exact) mass is 281 g/mol. The Morgan fingerprint density at radius 1 is 1.30 bits per heavy atom. The van der Waals surface area contributed by atoms with E-state index in [0.717, 1.165) is 26.1 Å². The van der Waals surface area contributed by atoms with Crippen LogP contribution in [0.4, 0.5) is 0 Å². The van der Waals surface area contributed by atoms with Crippen molar-refractivity contribution in [2.45, 2.75) is 64.5 Å². The summed E-state index contributed by atoms with van der Waals surface area (Å²) in [4.78, 5) is 17.0. The topological polar surface area (TPSA) is 49.6 Å². The molecule has 0 aromatic carbocycles. The van der Waals surface area contributed by atoms with E-state index in [1.165, 1.54) is 32.1 Å². The molecule has 1 aliphatic heterocycles. The smallest absolute Gasteiger partial charge is 0.236 e. The quantitative estimate of drug-likeness (QED) is 0.836. The van der Waals surface area contributed by atoms with Crippen LogP contribution in [-0.4, -0.2) is 54.0 Å². The molecule has 20 heavy (non-hydrogen) atoms. The Balaban J connectivity index is 1.83. The first-order chi connectivity index (χ1) is 9.61. The molecule has 4 nitrogen and oxygen atoms in total. The van der Waals surface area contributed by atoms with Crippen LogP contribution in [0.5, 0.6) is 0 Å². The van der Waals surface area contributed by atoms with E-state index in [1.54, 1.807) is 0 Å². The molecule has 2 atom stereocenters. The minimum Gasteiger partial charge on any atom is -0.339 e. The molecule has 0 spiro atoms. The number of amides is 1. The Bertz CT molecular complexity index is 313. The molecule has 1 aliphatic carbocycles. The van der Waals surface area contributed by atoms with Crippen LogP contribution in [0.3, 0.4) is 0 Å². The summed E-state index contributed by atoms with van der Waals surface area (Å²) < 4.78 is 0. The van der Waals surface area contributed by atoms with Crippen molar-refractivity contribution in [2.75, 3.05) is 26.2 Å². The van der Waals surface area contributed by atoms with E-state index in [9.17, 15) is 4.79 Å². The highest BCUT2D eigenvalue weighted by atomic mass is 16.2. The van der Waals surface area contributed by atoms with Gasteiger partial charge in [-0.15, -0.1) is 0 Å². The summed E-state index contributed by atoms with van der Waals surface area (Å²) in [5.74, 6) is 0.886. The largest absolute Gasteiger partial charge is 0.339 e. The maximum absolute atomic E-state index is 12.6. The highest BCUT2D eigenvalue weighted by molar-refractivity contribution is 5.78. The van der Waals surface area contributed by atoms with Gasteiger partial charge in [-0.05, 0) is 45.6 Å². The average Bonchev–Trinajstić information content (AvgIpc) is 2.89. The molecule has 1 amide bonds. The van der Waals surface area contributed by atoms with Gasteiger partial charge in [0, 0.05) is 25.2 Å². The van der Waals surface area contributed by atoms with E-state index >= 15 is 0 Å². The van der Waals surface area contributed by atoms with Crippen molar-refractivity contribution < 1.29 is 4.79 Å². The fraction of sp³-hybridized carbons (Fsp3) is 0.938. The molecule has 116 valence electrons. The third-order valence-corrected chi connectivity index (χ3v) is 5.09. The van der Waals surface area contributed by atoms with Crippen LogP contribution in [0.2, 0.25) is 0 Å². The number of carbonyl (C=O) groups is 1. The van der Waals surface area contributed by atoms with Crippen molar-refractivity contribution in [1.29, 1.82) is 0 Å².